The van der Waals surface area contributed by atoms with E-state index < -0.39 is 0 Å². The molecule has 1 atom stereocenters. The van der Waals surface area contributed by atoms with Gasteiger partial charge >= 0.3 is 0 Å². The molecule has 5 nitrogen and oxygen atoms in total. The number of halogens is 1. The molecule has 0 spiro atoms. The third kappa shape index (κ3) is 7.04. The van der Waals surface area contributed by atoms with Gasteiger partial charge in [0.05, 0.1) is 5.60 Å². The number of rotatable bonds is 7. The fourth-order valence-electron chi connectivity index (χ4n) is 2.98. The number of nitrogens with one attached hydrogen (secondary N) is 2. The van der Waals surface area contributed by atoms with E-state index in [9.17, 15) is 0 Å². The first kappa shape index (κ1) is 23.2. The first-order chi connectivity index (χ1) is 11.9. The lowest BCUT2D eigenvalue weighted by Crippen LogP contribution is -2.45. The molecular formula is C20H35IN4O. The summed E-state index contributed by atoms with van der Waals surface area (Å²) in [4.78, 5) is 6.69. The molecule has 0 amide bonds. The minimum Gasteiger partial charge on any atom is -0.373 e. The van der Waals surface area contributed by atoms with Crippen molar-refractivity contribution in [3.8, 4) is 0 Å². The van der Waals surface area contributed by atoms with Gasteiger partial charge < -0.3 is 15.4 Å². The van der Waals surface area contributed by atoms with Crippen molar-refractivity contribution in [1.29, 1.82) is 0 Å². The van der Waals surface area contributed by atoms with Crippen molar-refractivity contribution in [2.45, 2.75) is 58.3 Å². The van der Waals surface area contributed by atoms with Crippen molar-refractivity contribution in [3.05, 3.63) is 35.4 Å². The van der Waals surface area contributed by atoms with Gasteiger partial charge in [0.25, 0.3) is 0 Å². The predicted octanol–water partition coefficient (Wildman–Crippen LogP) is 3.38. The maximum Gasteiger partial charge on any atom is 0.191 e. The molecule has 1 aliphatic rings. The molecule has 6 heteroatoms. The molecular weight excluding hydrogens is 439 g/mol. The topological polar surface area (TPSA) is 48.9 Å². The van der Waals surface area contributed by atoms with Gasteiger partial charge in [-0.15, -0.1) is 24.0 Å². The Morgan fingerprint density at radius 2 is 1.96 bits per heavy atom. The zero-order chi connectivity index (χ0) is 18.3. The summed E-state index contributed by atoms with van der Waals surface area (Å²) in [6, 6.07) is 9.13. The molecule has 1 aromatic carbocycles. The lowest BCUT2D eigenvalue weighted by Gasteiger charge is -2.25. The van der Waals surface area contributed by atoms with Crippen LogP contribution in [-0.2, 0) is 17.8 Å². The SMILES string of the molecule is CN=C(NCc1ccccc1CN(C)C(C)C)NCC1(C)CCCO1.I. The number of nitrogens with zero attached hydrogens (tertiary/aromatic N) is 2. The molecule has 1 fully saturated rings. The lowest BCUT2D eigenvalue weighted by molar-refractivity contribution is 0.0243. The Morgan fingerprint density at radius 1 is 1.27 bits per heavy atom. The zero-order valence-corrected chi connectivity index (χ0v) is 19.2. The summed E-state index contributed by atoms with van der Waals surface area (Å²) in [5, 5.41) is 6.84. The Kier molecular flexibility index (Phi) is 9.89. The molecule has 1 unspecified atom stereocenters. The molecule has 0 saturated carbocycles. The van der Waals surface area contributed by atoms with Gasteiger partial charge in [0.1, 0.15) is 0 Å². The predicted molar refractivity (Wildman–Crippen MR) is 120 cm³/mol. The van der Waals surface area contributed by atoms with E-state index >= 15 is 0 Å². The number of hydrogen-bond acceptors (Lipinski definition) is 3. The van der Waals surface area contributed by atoms with Crippen molar-refractivity contribution in [3.63, 3.8) is 0 Å². The fraction of sp³-hybridized carbons (Fsp3) is 0.650. The van der Waals surface area contributed by atoms with Crippen LogP contribution in [0.4, 0.5) is 0 Å². The van der Waals surface area contributed by atoms with Gasteiger partial charge in [-0.2, -0.15) is 0 Å². The summed E-state index contributed by atoms with van der Waals surface area (Å²) in [5.41, 5.74) is 2.59. The molecule has 0 radical (unpaired) electrons. The average molecular weight is 474 g/mol. The normalized spacial score (nSPS) is 20.3. The Hall–Kier alpha value is -0.860. The number of guanidine groups is 1. The van der Waals surface area contributed by atoms with E-state index in [1.54, 1.807) is 0 Å². The Bertz CT molecular complexity index is 571. The second-order valence-electron chi connectivity index (χ2n) is 7.46. The first-order valence-electron chi connectivity index (χ1n) is 9.29. The van der Waals surface area contributed by atoms with Crippen LogP contribution in [0.1, 0.15) is 44.7 Å². The van der Waals surface area contributed by atoms with Gasteiger partial charge in [0.15, 0.2) is 5.96 Å². The van der Waals surface area contributed by atoms with Crippen molar-refractivity contribution in [2.75, 3.05) is 27.2 Å². The van der Waals surface area contributed by atoms with Gasteiger partial charge in [0, 0.05) is 39.3 Å². The maximum absolute atomic E-state index is 5.83. The van der Waals surface area contributed by atoms with E-state index in [0.717, 1.165) is 45.0 Å². The summed E-state index contributed by atoms with van der Waals surface area (Å²) >= 11 is 0. The van der Waals surface area contributed by atoms with Gasteiger partial charge in [-0.05, 0) is 51.8 Å². The molecule has 1 aromatic rings. The third-order valence-corrected chi connectivity index (χ3v) is 5.02. The standard InChI is InChI=1S/C20H34N4O.HI/c1-16(2)24(5)14-18-10-7-6-9-17(18)13-22-19(21-4)23-15-20(3)11-8-12-25-20;/h6-7,9-10,16H,8,11-15H2,1-5H3,(H2,21,22,23);1H. The number of aliphatic imine (C=N–C) groups is 1. The van der Waals surface area contributed by atoms with Gasteiger partial charge in [-0.1, -0.05) is 24.3 Å². The second kappa shape index (κ2) is 11.1. The molecule has 1 aliphatic heterocycles. The summed E-state index contributed by atoms with van der Waals surface area (Å²) < 4.78 is 5.83. The van der Waals surface area contributed by atoms with Crippen LogP contribution < -0.4 is 10.6 Å². The largest absolute Gasteiger partial charge is 0.373 e. The van der Waals surface area contributed by atoms with Crippen LogP contribution in [0.2, 0.25) is 0 Å². The highest BCUT2D eigenvalue weighted by Crippen LogP contribution is 2.23. The van der Waals surface area contributed by atoms with Gasteiger partial charge in [-0.25, -0.2) is 0 Å². The van der Waals surface area contributed by atoms with Crippen LogP contribution in [0.3, 0.4) is 0 Å². The molecule has 1 saturated heterocycles. The van der Waals surface area contributed by atoms with E-state index in [2.05, 4.69) is 72.6 Å². The molecule has 0 aliphatic carbocycles. The van der Waals surface area contributed by atoms with Crippen molar-refractivity contribution in [1.82, 2.24) is 15.5 Å². The van der Waals surface area contributed by atoms with Gasteiger partial charge in [0.2, 0.25) is 0 Å². The van der Waals surface area contributed by atoms with E-state index in [-0.39, 0.29) is 29.6 Å². The lowest BCUT2D eigenvalue weighted by atomic mass is 10.0. The molecule has 2 rings (SSSR count). The molecule has 2 N–H and O–H groups in total. The highest BCUT2D eigenvalue weighted by molar-refractivity contribution is 14.0. The van der Waals surface area contributed by atoms with Crippen LogP contribution in [0.25, 0.3) is 0 Å². The number of ether oxygens (including phenoxy) is 1. The summed E-state index contributed by atoms with van der Waals surface area (Å²) in [6.07, 6.45) is 2.24. The van der Waals surface area contributed by atoms with Crippen molar-refractivity contribution >= 4 is 29.9 Å². The van der Waals surface area contributed by atoms with Crippen LogP contribution in [0.5, 0.6) is 0 Å². The van der Waals surface area contributed by atoms with Crippen LogP contribution in [-0.4, -0.2) is 49.7 Å². The summed E-state index contributed by atoms with van der Waals surface area (Å²) in [7, 11) is 3.98. The molecule has 1 heterocycles. The Morgan fingerprint density at radius 3 is 2.54 bits per heavy atom. The average Bonchev–Trinajstić information content (AvgIpc) is 3.03. The molecule has 0 bridgehead atoms. The minimum atomic E-state index is -0.0739. The number of benzene rings is 1. The molecule has 0 aromatic heterocycles. The number of hydrogen-bond donors (Lipinski definition) is 2. The van der Waals surface area contributed by atoms with Gasteiger partial charge in [-0.3, -0.25) is 9.89 Å². The smallest absolute Gasteiger partial charge is 0.191 e. The molecule has 148 valence electrons. The maximum atomic E-state index is 5.83. The first-order valence-corrected chi connectivity index (χ1v) is 9.29. The van der Waals surface area contributed by atoms with E-state index in [1.165, 1.54) is 11.1 Å². The van der Waals surface area contributed by atoms with Crippen molar-refractivity contribution in [2.24, 2.45) is 4.99 Å². The summed E-state index contributed by atoms with van der Waals surface area (Å²) in [6.45, 7) is 9.96. The molecule has 26 heavy (non-hydrogen) atoms. The van der Waals surface area contributed by atoms with E-state index in [4.69, 9.17) is 4.74 Å². The monoisotopic (exact) mass is 474 g/mol. The van der Waals surface area contributed by atoms with Crippen LogP contribution in [0, 0.1) is 0 Å². The van der Waals surface area contributed by atoms with E-state index in [1.807, 2.05) is 7.05 Å². The second-order valence-corrected chi connectivity index (χ2v) is 7.46. The Labute approximate surface area is 176 Å². The highest BCUT2D eigenvalue weighted by Gasteiger charge is 2.29. The quantitative estimate of drug-likeness (QED) is 0.362. The minimum absolute atomic E-state index is 0. The zero-order valence-electron chi connectivity index (χ0n) is 16.8. The van der Waals surface area contributed by atoms with E-state index in [0.29, 0.717) is 6.04 Å². The fourth-order valence-corrected chi connectivity index (χ4v) is 2.98. The van der Waals surface area contributed by atoms with Crippen LogP contribution >= 0.6 is 24.0 Å². The third-order valence-electron chi connectivity index (χ3n) is 5.02. The van der Waals surface area contributed by atoms with Crippen molar-refractivity contribution < 1.29 is 4.74 Å². The Balaban J connectivity index is 0.00000338. The summed E-state index contributed by atoms with van der Waals surface area (Å²) in [5.74, 6) is 0.823. The highest BCUT2D eigenvalue weighted by atomic mass is 127. The van der Waals surface area contributed by atoms with Crippen LogP contribution in [0.15, 0.2) is 29.3 Å².